The van der Waals surface area contributed by atoms with Crippen LogP contribution in [0.25, 0.3) is 0 Å². The van der Waals surface area contributed by atoms with Crippen LogP contribution in [0, 0.1) is 0 Å². The van der Waals surface area contributed by atoms with Crippen molar-refractivity contribution in [2.45, 2.75) is 12.8 Å². The molecule has 1 aromatic carbocycles. The van der Waals surface area contributed by atoms with Crippen LogP contribution in [0.2, 0.25) is 0 Å². The largest absolute Gasteiger partial charge is 0.476 e. The summed E-state index contributed by atoms with van der Waals surface area (Å²) in [5.41, 5.74) is 1.30. The van der Waals surface area contributed by atoms with Crippen molar-refractivity contribution in [1.29, 1.82) is 0 Å². The van der Waals surface area contributed by atoms with Crippen molar-refractivity contribution in [3.8, 4) is 5.88 Å². The number of likely N-dealkylation sites (tertiary alicyclic amines) is 1. The predicted molar refractivity (Wildman–Crippen MR) is 137 cm³/mol. The van der Waals surface area contributed by atoms with Crippen molar-refractivity contribution < 1.29 is 23.8 Å². The van der Waals surface area contributed by atoms with Gasteiger partial charge in [-0.1, -0.05) is 6.07 Å². The lowest BCUT2D eigenvalue weighted by atomic mass is 10.1. The first-order chi connectivity index (χ1) is 18.2. The number of anilines is 2. The van der Waals surface area contributed by atoms with Gasteiger partial charge in [0, 0.05) is 63.1 Å². The third-order valence-electron chi connectivity index (χ3n) is 6.74. The van der Waals surface area contributed by atoms with Gasteiger partial charge in [-0.05, 0) is 31.0 Å². The second kappa shape index (κ2) is 12.3. The van der Waals surface area contributed by atoms with E-state index in [-0.39, 0.29) is 17.5 Å². The average Bonchev–Trinajstić information content (AvgIpc) is 3.49. The van der Waals surface area contributed by atoms with Crippen molar-refractivity contribution >= 4 is 23.5 Å². The highest BCUT2D eigenvalue weighted by atomic mass is 16.5. The molecule has 2 aromatic rings. The van der Waals surface area contributed by atoms with Crippen LogP contribution in [-0.2, 0) is 9.47 Å². The van der Waals surface area contributed by atoms with Gasteiger partial charge in [-0.2, -0.15) is 4.98 Å². The standard InChI is InChI=1S/C26H34N6O5/c33-24(27-21-5-3-4-20(18-21)25(34)31-6-1-2-7-31)22-19-23(37-17-10-30-8-13-35-14-9-30)29-26(28-22)32-11-15-36-16-12-32/h3-5,18-19H,1-2,6-17H2,(H,27,33). The molecule has 0 spiro atoms. The van der Waals surface area contributed by atoms with Crippen LogP contribution in [-0.4, -0.2) is 110 Å². The molecule has 0 unspecified atom stereocenters. The van der Waals surface area contributed by atoms with Crippen LogP contribution in [0.3, 0.4) is 0 Å². The Balaban J connectivity index is 1.29. The molecule has 2 amide bonds. The zero-order valence-electron chi connectivity index (χ0n) is 21.1. The van der Waals surface area contributed by atoms with E-state index in [0.29, 0.717) is 56.0 Å². The number of nitrogens with one attached hydrogen (secondary N) is 1. The average molecular weight is 511 g/mol. The summed E-state index contributed by atoms with van der Waals surface area (Å²) in [6.45, 7) is 8.37. The van der Waals surface area contributed by atoms with Gasteiger partial charge in [0.1, 0.15) is 12.3 Å². The number of nitrogens with zero attached hydrogens (tertiary/aromatic N) is 5. The second-order valence-electron chi connectivity index (χ2n) is 9.33. The van der Waals surface area contributed by atoms with Crippen molar-refractivity contribution in [1.82, 2.24) is 19.8 Å². The number of aromatic nitrogens is 2. The molecule has 3 saturated heterocycles. The van der Waals surface area contributed by atoms with Crippen LogP contribution in [0.5, 0.6) is 5.88 Å². The zero-order chi connectivity index (χ0) is 25.5. The summed E-state index contributed by atoms with van der Waals surface area (Å²) >= 11 is 0. The molecule has 3 fully saturated rings. The van der Waals surface area contributed by atoms with E-state index in [1.165, 1.54) is 0 Å². The molecule has 1 aromatic heterocycles. The fourth-order valence-corrected chi connectivity index (χ4v) is 4.64. The van der Waals surface area contributed by atoms with Crippen LogP contribution >= 0.6 is 0 Å². The van der Waals surface area contributed by atoms with E-state index in [0.717, 1.165) is 58.8 Å². The lowest BCUT2D eigenvalue weighted by molar-refractivity contribution is 0.0320. The Bertz CT molecular complexity index is 1080. The van der Waals surface area contributed by atoms with E-state index in [4.69, 9.17) is 14.2 Å². The molecule has 198 valence electrons. The molecular weight excluding hydrogens is 476 g/mol. The summed E-state index contributed by atoms with van der Waals surface area (Å²) in [6, 6.07) is 8.60. The molecule has 0 radical (unpaired) electrons. The van der Waals surface area contributed by atoms with E-state index in [9.17, 15) is 9.59 Å². The Morgan fingerprint density at radius 2 is 1.65 bits per heavy atom. The number of carbonyl (C=O) groups excluding carboxylic acids is 2. The SMILES string of the molecule is O=C(Nc1cccc(C(=O)N2CCCC2)c1)c1cc(OCCN2CCOCC2)nc(N2CCOCC2)n1. The lowest BCUT2D eigenvalue weighted by Crippen LogP contribution is -2.39. The van der Waals surface area contributed by atoms with Crippen LogP contribution in [0.1, 0.15) is 33.7 Å². The van der Waals surface area contributed by atoms with E-state index < -0.39 is 0 Å². The van der Waals surface area contributed by atoms with Gasteiger partial charge in [-0.15, -0.1) is 0 Å². The van der Waals surface area contributed by atoms with E-state index in [1.807, 2.05) is 9.80 Å². The summed E-state index contributed by atoms with van der Waals surface area (Å²) in [5.74, 6) is 0.394. The molecule has 3 aliphatic rings. The van der Waals surface area contributed by atoms with Gasteiger partial charge in [-0.3, -0.25) is 14.5 Å². The summed E-state index contributed by atoms with van der Waals surface area (Å²) in [4.78, 5) is 41.3. The first-order valence-corrected chi connectivity index (χ1v) is 13.0. The van der Waals surface area contributed by atoms with E-state index in [2.05, 4.69) is 20.2 Å². The van der Waals surface area contributed by atoms with Gasteiger partial charge in [0.05, 0.1) is 26.4 Å². The van der Waals surface area contributed by atoms with Crippen molar-refractivity contribution in [3.63, 3.8) is 0 Å². The Hall–Kier alpha value is -3.28. The number of ether oxygens (including phenoxy) is 3. The van der Waals surface area contributed by atoms with Crippen molar-refractivity contribution in [2.24, 2.45) is 0 Å². The number of hydrogen-bond acceptors (Lipinski definition) is 9. The summed E-state index contributed by atoms with van der Waals surface area (Å²) in [7, 11) is 0. The lowest BCUT2D eigenvalue weighted by Gasteiger charge is -2.27. The predicted octanol–water partition coefficient (Wildman–Crippen LogP) is 1.51. The van der Waals surface area contributed by atoms with Crippen molar-refractivity contribution in [2.75, 3.05) is 89.1 Å². The Morgan fingerprint density at radius 3 is 2.41 bits per heavy atom. The number of morpholine rings is 2. The molecule has 11 heteroatoms. The van der Waals surface area contributed by atoms with Crippen molar-refractivity contribution in [3.05, 3.63) is 41.6 Å². The first kappa shape index (κ1) is 25.4. The van der Waals surface area contributed by atoms with E-state index in [1.54, 1.807) is 30.3 Å². The van der Waals surface area contributed by atoms with Gasteiger partial charge in [0.2, 0.25) is 11.8 Å². The smallest absolute Gasteiger partial charge is 0.274 e. The quantitative estimate of drug-likeness (QED) is 0.565. The topological polar surface area (TPSA) is 109 Å². The molecule has 11 nitrogen and oxygen atoms in total. The maximum Gasteiger partial charge on any atom is 0.274 e. The van der Waals surface area contributed by atoms with Crippen LogP contribution in [0.4, 0.5) is 11.6 Å². The highest BCUT2D eigenvalue weighted by Gasteiger charge is 2.22. The number of carbonyl (C=O) groups is 2. The Kier molecular flexibility index (Phi) is 8.44. The fourth-order valence-electron chi connectivity index (χ4n) is 4.64. The number of rotatable bonds is 8. The second-order valence-corrected chi connectivity index (χ2v) is 9.33. The number of amides is 2. The maximum absolute atomic E-state index is 13.2. The maximum atomic E-state index is 13.2. The third kappa shape index (κ3) is 6.73. The zero-order valence-corrected chi connectivity index (χ0v) is 21.1. The summed E-state index contributed by atoms with van der Waals surface area (Å²) in [5, 5.41) is 2.89. The minimum atomic E-state index is -0.388. The third-order valence-corrected chi connectivity index (χ3v) is 6.74. The molecule has 0 saturated carbocycles. The minimum Gasteiger partial charge on any atom is -0.476 e. The molecule has 0 atom stereocenters. The normalized spacial score (nSPS) is 18.6. The highest BCUT2D eigenvalue weighted by molar-refractivity contribution is 6.04. The summed E-state index contributed by atoms with van der Waals surface area (Å²) < 4.78 is 16.8. The molecule has 1 N–H and O–H groups in total. The van der Waals surface area contributed by atoms with Gasteiger partial charge < -0.3 is 29.3 Å². The van der Waals surface area contributed by atoms with Gasteiger partial charge in [0.15, 0.2) is 0 Å². The Morgan fingerprint density at radius 1 is 0.919 bits per heavy atom. The fraction of sp³-hybridized carbons (Fsp3) is 0.538. The number of benzene rings is 1. The van der Waals surface area contributed by atoms with Gasteiger partial charge in [0.25, 0.3) is 11.8 Å². The summed E-state index contributed by atoms with van der Waals surface area (Å²) in [6.07, 6.45) is 2.05. The highest BCUT2D eigenvalue weighted by Crippen LogP contribution is 2.20. The van der Waals surface area contributed by atoms with Crippen LogP contribution in [0.15, 0.2) is 30.3 Å². The van der Waals surface area contributed by atoms with Crippen LogP contribution < -0.4 is 15.0 Å². The first-order valence-electron chi connectivity index (χ1n) is 13.0. The van der Waals surface area contributed by atoms with E-state index >= 15 is 0 Å². The molecule has 5 rings (SSSR count). The molecule has 3 aliphatic heterocycles. The molecule has 0 aliphatic carbocycles. The number of hydrogen-bond donors (Lipinski definition) is 1. The van der Waals surface area contributed by atoms with Gasteiger partial charge >= 0.3 is 0 Å². The molecule has 37 heavy (non-hydrogen) atoms. The molecular formula is C26H34N6O5. The Labute approximate surface area is 216 Å². The molecule has 4 heterocycles. The molecule has 0 bridgehead atoms. The minimum absolute atomic E-state index is 0.0128. The van der Waals surface area contributed by atoms with Gasteiger partial charge in [-0.25, -0.2) is 4.98 Å². The monoisotopic (exact) mass is 510 g/mol.